The van der Waals surface area contributed by atoms with Crippen LogP contribution in [-0.4, -0.2) is 4.98 Å². The van der Waals surface area contributed by atoms with E-state index in [4.69, 9.17) is 4.98 Å². The minimum Gasteiger partial charge on any atom is -0.258 e. The van der Waals surface area contributed by atoms with Gasteiger partial charge in [0.1, 0.15) is 0 Å². The molecular weight excluding hydrogens is 386 g/mol. The Balaban J connectivity index is 1.94. The molecule has 1 aromatic heterocycles. The molecule has 0 aliphatic rings. The molecule has 0 amide bonds. The minimum atomic E-state index is 1.17. The van der Waals surface area contributed by atoms with E-state index < -0.39 is 0 Å². The number of aromatic nitrogens is 1. The van der Waals surface area contributed by atoms with Gasteiger partial charge in [-0.05, 0) is 37.8 Å². The molecule has 0 aromatic carbocycles. The maximum absolute atomic E-state index is 4.94. The number of hydrogen-bond donors (Lipinski definition) is 0. The number of rotatable bonds is 24. The van der Waals surface area contributed by atoms with Gasteiger partial charge in [0.15, 0.2) is 0 Å². The van der Waals surface area contributed by atoms with E-state index in [1.54, 1.807) is 0 Å². The van der Waals surface area contributed by atoms with Gasteiger partial charge in [0.2, 0.25) is 0 Å². The normalized spacial score (nSPS) is 11.3. The van der Waals surface area contributed by atoms with Crippen molar-refractivity contribution >= 4 is 0 Å². The molecule has 0 saturated carbocycles. The van der Waals surface area contributed by atoms with Crippen LogP contribution in [0.1, 0.15) is 166 Å². The summed E-state index contributed by atoms with van der Waals surface area (Å²) in [5, 5.41) is 0. The number of aryl methyl sites for hydroxylation is 2. The molecule has 1 aromatic rings. The van der Waals surface area contributed by atoms with Crippen molar-refractivity contribution in [2.75, 3.05) is 0 Å². The van der Waals surface area contributed by atoms with Gasteiger partial charge < -0.3 is 0 Å². The highest BCUT2D eigenvalue weighted by Crippen LogP contribution is 2.14. The molecule has 0 bridgehead atoms. The molecule has 32 heavy (non-hydrogen) atoms. The van der Waals surface area contributed by atoms with Crippen molar-refractivity contribution in [3.8, 4) is 0 Å². The van der Waals surface area contributed by atoms with Crippen LogP contribution >= 0.6 is 0 Å². The smallest absolute Gasteiger partial charge is 0.0406 e. The zero-order valence-corrected chi connectivity index (χ0v) is 22.1. The summed E-state index contributed by atoms with van der Waals surface area (Å²) >= 11 is 0. The van der Waals surface area contributed by atoms with Crippen molar-refractivity contribution in [2.45, 2.75) is 168 Å². The molecule has 1 heterocycles. The maximum atomic E-state index is 4.94. The largest absolute Gasteiger partial charge is 0.258 e. The highest BCUT2D eigenvalue weighted by atomic mass is 14.7. The van der Waals surface area contributed by atoms with Crippen LogP contribution in [0.5, 0.6) is 0 Å². The zero-order valence-electron chi connectivity index (χ0n) is 22.1. The average molecular weight is 444 g/mol. The first-order valence-corrected chi connectivity index (χ1v) is 14.8. The molecule has 0 spiro atoms. The van der Waals surface area contributed by atoms with Crippen molar-refractivity contribution in [1.82, 2.24) is 4.98 Å². The molecule has 1 heteroatoms. The van der Waals surface area contributed by atoms with Gasteiger partial charge in [0.25, 0.3) is 0 Å². The van der Waals surface area contributed by atoms with E-state index in [9.17, 15) is 0 Å². The Morgan fingerprint density at radius 1 is 0.406 bits per heavy atom. The van der Waals surface area contributed by atoms with Gasteiger partial charge in [-0.25, -0.2) is 0 Å². The fourth-order valence-electron chi connectivity index (χ4n) is 4.75. The first kappa shape index (κ1) is 29.2. The first-order chi connectivity index (χ1) is 15.9. The number of hydrogen-bond acceptors (Lipinski definition) is 1. The predicted octanol–water partition coefficient (Wildman–Crippen LogP) is 10.8. The van der Waals surface area contributed by atoms with Gasteiger partial charge >= 0.3 is 0 Å². The van der Waals surface area contributed by atoms with Crippen molar-refractivity contribution in [3.05, 3.63) is 29.6 Å². The summed E-state index contributed by atoms with van der Waals surface area (Å²) in [6, 6.07) is 6.70. The Labute approximate surface area is 202 Å². The monoisotopic (exact) mass is 443 g/mol. The molecule has 1 nitrogen and oxygen atoms in total. The van der Waals surface area contributed by atoms with Crippen LogP contribution in [0.4, 0.5) is 0 Å². The lowest BCUT2D eigenvalue weighted by atomic mass is 10.0. The van der Waals surface area contributed by atoms with Crippen LogP contribution in [0, 0.1) is 0 Å². The Morgan fingerprint density at radius 3 is 1.00 bits per heavy atom. The first-order valence-electron chi connectivity index (χ1n) is 14.8. The summed E-state index contributed by atoms with van der Waals surface area (Å²) in [5.41, 5.74) is 2.64. The number of nitrogens with zero attached hydrogens (tertiary/aromatic N) is 1. The van der Waals surface area contributed by atoms with Crippen molar-refractivity contribution < 1.29 is 0 Å². The standard InChI is InChI=1S/C31H57N/c1-3-5-7-9-11-13-15-17-19-21-23-26-30-28-25-29-31(32-30)27-24-22-20-18-16-14-12-10-8-6-4-2/h25,28-29H,3-24,26-27H2,1-2H3. The molecule has 1 rings (SSSR count). The van der Waals surface area contributed by atoms with Gasteiger partial charge in [-0.15, -0.1) is 0 Å². The molecule has 186 valence electrons. The molecular formula is C31H57N. The van der Waals surface area contributed by atoms with Crippen LogP contribution in [0.25, 0.3) is 0 Å². The zero-order chi connectivity index (χ0) is 23.0. The van der Waals surface area contributed by atoms with Crippen molar-refractivity contribution in [2.24, 2.45) is 0 Å². The molecule has 0 N–H and O–H groups in total. The second-order valence-corrected chi connectivity index (χ2v) is 10.2. The topological polar surface area (TPSA) is 12.9 Å². The fraction of sp³-hybridized carbons (Fsp3) is 0.839. The summed E-state index contributed by atoms with van der Waals surface area (Å²) in [5.74, 6) is 0. The van der Waals surface area contributed by atoms with E-state index in [0.29, 0.717) is 0 Å². The summed E-state index contributed by atoms with van der Waals surface area (Å²) in [7, 11) is 0. The summed E-state index contributed by atoms with van der Waals surface area (Å²) in [6.45, 7) is 4.59. The van der Waals surface area contributed by atoms with E-state index in [1.807, 2.05) is 0 Å². The third-order valence-electron chi connectivity index (χ3n) is 6.94. The molecule has 0 saturated heterocycles. The van der Waals surface area contributed by atoms with Gasteiger partial charge in [0, 0.05) is 11.4 Å². The van der Waals surface area contributed by atoms with Crippen LogP contribution in [0.15, 0.2) is 18.2 Å². The third kappa shape index (κ3) is 18.7. The Morgan fingerprint density at radius 2 is 0.688 bits per heavy atom. The number of unbranched alkanes of at least 4 members (excludes halogenated alkanes) is 20. The minimum absolute atomic E-state index is 1.17. The van der Waals surface area contributed by atoms with Gasteiger partial charge in [-0.1, -0.05) is 148 Å². The Kier molecular flexibility index (Phi) is 21.3. The Hall–Kier alpha value is -0.850. The third-order valence-corrected chi connectivity index (χ3v) is 6.94. The van der Waals surface area contributed by atoms with Crippen LogP contribution in [0.2, 0.25) is 0 Å². The van der Waals surface area contributed by atoms with Crippen LogP contribution < -0.4 is 0 Å². The molecule has 0 aliphatic carbocycles. The molecule has 0 unspecified atom stereocenters. The molecule has 0 radical (unpaired) electrons. The van der Waals surface area contributed by atoms with Crippen LogP contribution in [-0.2, 0) is 12.8 Å². The second-order valence-electron chi connectivity index (χ2n) is 10.2. The van der Waals surface area contributed by atoms with Crippen molar-refractivity contribution in [3.63, 3.8) is 0 Å². The Bertz CT molecular complexity index is 454. The molecule has 0 atom stereocenters. The average Bonchev–Trinajstić information content (AvgIpc) is 2.81. The second kappa shape index (κ2) is 23.3. The van der Waals surface area contributed by atoms with Gasteiger partial charge in [0.05, 0.1) is 0 Å². The van der Waals surface area contributed by atoms with Gasteiger partial charge in [-0.2, -0.15) is 0 Å². The molecule has 0 fully saturated rings. The van der Waals surface area contributed by atoms with E-state index in [0.717, 1.165) is 0 Å². The quantitative estimate of drug-likeness (QED) is 0.145. The van der Waals surface area contributed by atoms with Crippen LogP contribution in [0.3, 0.4) is 0 Å². The van der Waals surface area contributed by atoms with E-state index in [2.05, 4.69) is 32.0 Å². The van der Waals surface area contributed by atoms with E-state index in [-0.39, 0.29) is 0 Å². The number of pyridine rings is 1. The predicted molar refractivity (Wildman–Crippen MR) is 145 cm³/mol. The summed E-state index contributed by atoms with van der Waals surface area (Å²) < 4.78 is 0. The highest BCUT2D eigenvalue weighted by molar-refractivity contribution is 5.11. The lowest BCUT2D eigenvalue weighted by Crippen LogP contribution is -1.96. The lowest BCUT2D eigenvalue weighted by molar-refractivity contribution is 0.547. The van der Waals surface area contributed by atoms with E-state index in [1.165, 1.54) is 165 Å². The maximum Gasteiger partial charge on any atom is 0.0406 e. The summed E-state index contributed by atoms with van der Waals surface area (Å²) in [6.07, 6.45) is 33.5. The van der Waals surface area contributed by atoms with Crippen molar-refractivity contribution in [1.29, 1.82) is 0 Å². The fourth-order valence-corrected chi connectivity index (χ4v) is 4.75. The highest BCUT2D eigenvalue weighted by Gasteiger charge is 2.00. The summed E-state index contributed by atoms with van der Waals surface area (Å²) in [4.78, 5) is 4.94. The SMILES string of the molecule is CCCCCCCCCCCCCc1cccc(CCCCCCCCCCCCC)n1. The molecule has 0 aliphatic heterocycles. The van der Waals surface area contributed by atoms with Gasteiger partial charge in [-0.3, -0.25) is 4.98 Å². The lowest BCUT2D eigenvalue weighted by Gasteiger charge is -2.06. The van der Waals surface area contributed by atoms with E-state index >= 15 is 0 Å².